The summed E-state index contributed by atoms with van der Waals surface area (Å²) in [6.07, 6.45) is 5.56. The molecule has 1 saturated heterocycles. The van der Waals surface area contributed by atoms with Gasteiger partial charge in [0.25, 0.3) is 0 Å². The number of para-hydroxylation sites is 1. The topological polar surface area (TPSA) is 59.8 Å². The van der Waals surface area contributed by atoms with Gasteiger partial charge in [0, 0.05) is 36.5 Å². The first-order chi connectivity index (χ1) is 12.6. The zero-order chi connectivity index (χ0) is 18.5. The van der Waals surface area contributed by atoms with Crippen molar-refractivity contribution in [1.29, 1.82) is 0 Å². The van der Waals surface area contributed by atoms with E-state index in [4.69, 9.17) is 9.15 Å². The minimum Gasteiger partial charge on any atom is -0.466 e. The highest BCUT2D eigenvalue weighted by atomic mass is 16.5. The van der Waals surface area contributed by atoms with Crippen molar-refractivity contribution in [3.05, 3.63) is 41.7 Å². The lowest BCUT2D eigenvalue weighted by Gasteiger charge is -2.30. The fourth-order valence-corrected chi connectivity index (χ4v) is 3.42. The predicted octanol–water partition coefficient (Wildman–Crippen LogP) is 3.81. The van der Waals surface area contributed by atoms with Crippen molar-refractivity contribution in [2.45, 2.75) is 33.1 Å². The maximum Gasteiger partial charge on any atom is 0.309 e. The Morgan fingerprint density at radius 1 is 1.23 bits per heavy atom. The largest absolute Gasteiger partial charge is 0.466 e. The SMILES string of the molecule is CCOC(=O)C1CCN(C(=O)/C=C/c2c(CC)oc3ccccc23)CC1. The standard InChI is InChI=1S/C21H25NO4/c1-3-18-17(16-7-5-6-8-19(16)26-18)9-10-20(23)22-13-11-15(12-14-22)21(24)25-4-2/h5-10,15H,3-4,11-14H2,1-2H3/b10-9+. The number of fused-ring (bicyclic) bond motifs is 1. The highest BCUT2D eigenvalue weighted by molar-refractivity contribution is 5.96. The van der Waals surface area contributed by atoms with Gasteiger partial charge in [-0.1, -0.05) is 25.1 Å². The molecule has 0 saturated carbocycles. The Morgan fingerprint density at radius 2 is 1.96 bits per heavy atom. The van der Waals surface area contributed by atoms with Gasteiger partial charge in [-0.15, -0.1) is 0 Å². The molecule has 1 amide bonds. The summed E-state index contributed by atoms with van der Waals surface area (Å²) in [7, 11) is 0. The van der Waals surface area contributed by atoms with Gasteiger partial charge in [0.05, 0.1) is 12.5 Å². The number of rotatable bonds is 5. The number of hydrogen-bond donors (Lipinski definition) is 0. The smallest absolute Gasteiger partial charge is 0.309 e. The van der Waals surface area contributed by atoms with E-state index in [1.54, 1.807) is 11.0 Å². The second kappa shape index (κ2) is 8.21. The minimum absolute atomic E-state index is 0.0281. The molecule has 0 aliphatic carbocycles. The van der Waals surface area contributed by atoms with Crippen LogP contribution in [0.4, 0.5) is 0 Å². The molecule has 1 aliphatic heterocycles. The summed E-state index contributed by atoms with van der Waals surface area (Å²) in [5.74, 6) is 0.621. The lowest BCUT2D eigenvalue weighted by molar-refractivity contribution is -0.150. The van der Waals surface area contributed by atoms with Crippen molar-refractivity contribution in [3.63, 3.8) is 0 Å². The number of likely N-dealkylation sites (tertiary alicyclic amines) is 1. The van der Waals surface area contributed by atoms with Crippen LogP contribution in [0, 0.1) is 5.92 Å². The second-order valence-corrected chi connectivity index (χ2v) is 6.47. The number of nitrogens with zero attached hydrogens (tertiary/aromatic N) is 1. The number of furan rings is 1. The molecule has 0 unspecified atom stereocenters. The van der Waals surface area contributed by atoms with E-state index in [9.17, 15) is 9.59 Å². The van der Waals surface area contributed by atoms with Crippen molar-refractivity contribution in [2.24, 2.45) is 5.92 Å². The highest BCUT2D eigenvalue weighted by Crippen LogP contribution is 2.27. The molecule has 0 bridgehead atoms. The summed E-state index contributed by atoms with van der Waals surface area (Å²) in [4.78, 5) is 26.1. The molecule has 5 heteroatoms. The lowest BCUT2D eigenvalue weighted by atomic mass is 9.97. The van der Waals surface area contributed by atoms with E-state index in [1.165, 1.54) is 0 Å². The molecule has 3 rings (SSSR count). The third-order valence-electron chi connectivity index (χ3n) is 4.85. The van der Waals surface area contributed by atoms with E-state index in [2.05, 4.69) is 0 Å². The van der Waals surface area contributed by atoms with Crippen molar-refractivity contribution in [2.75, 3.05) is 19.7 Å². The molecule has 0 radical (unpaired) electrons. The van der Waals surface area contributed by atoms with Crippen molar-refractivity contribution in [3.8, 4) is 0 Å². The minimum atomic E-state index is -0.146. The van der Waals surface area contributed by atoms with Crippen LogP contribution in [0.5, 0.6) is 0 Å². The number of ether oxygens (including phenoxy) is 1. The van der Waals surface area contributed by atoms with Crippen LogP contribution < -0.4 is 0 Å². The number of carbonyl (C=O) groups excluding carboxylic acids is 2. The van der Waals surface area contributed by atoms with Gasteiger partial charge in [-0.05, 0) is 31.9 Å². The van der Waals surface area contributed by atoms with Gasteiger partial charge in [0.1, 0.15) is 11.3 Å². The van der Waals surface area contributed by atoms with Crippen LogP contribution in [0.1, 0.15) is 38.0 Å². The Hall–Kier alpha value is -2.56. The van der Waals surface area contributed by atoms with Crippen molar-refractivity contribution in [1.82, 2.24) is 4.90 Å². The van der Waals surface area contributed by atoms with Gasteiger partial charge in [0.2, 0.25) is 5.91 Å². The average molecular weight is 355 g/mol. The van der Waals surface area contributed by atoms with E-state index in [-0.39, 0.29) is 17.8 Å². The van der Waals surface area contributed by atoms with E-state index >= 15 is 0 Å². The van der Waals surface area contributed by atoms with Gasteiger partial charge in [0.15, 0.2) is 0 Å². The summed E-state index contributed by atoms with van der Waals surface area (Å²) in [5.41, 5.74) is 1.81. The quantitative estimate of drug-likeness (QED) is 0.604. The first-order valence-corrected chi connectivity index (χ1v) is 9.28. The monoisotopic (exact) mass is 355 g/mol. The molecule has 0 atom stereocenters. The molecule has 2 heterocycles. The summed E-state index contributed by atoms with van der Waals surface area (Å²) in [6, 6.07) is 7.86. The predicted molar refractivity (Wildman–Crippen MR) is 101 cm³/mol. The molecule has 5 nitrogen and oxygen atoms in total. The Kier molecular flexibility index (Phi) is 5.76. The second-order valence-electron chi connectivity index (χ2n) is 6.47. The number of hydrogen-bond acceptors (Lipinski definition) is 4. The van der Waals surface area contributed by atoms with Crippen LogP contribution in [-0.2, 0) is 20.7 Å². The summed E-state index contributed by atoms with van der Waals surface area (Å²) < 4.78 is 10.9. The summed E-state index contributed by atoms with van der Waals surface area (Å²) in [5, 5.41) is 1.02. The molecule has 1 aromatic carbocycles. The first-order valence-electron chi connectivity index (χ1n) is 9.28. The maximum absolute atomic E-state index is 12.5. The molecule has 1 aromatic heterocycles. The Balaban J connectivity index is 1.67. The molecule has 2 aromatic rings. The lowest BCUT2D eigenvalue weighted by Crippen LogP contribution is -2.39. The molecule has 1 fully saturated rings. The number of aryl methyl sites for hydroxylation is 1. The van der Waals surface area contributed by atoms with Crippen LogP contribution in [-0.4, -0.2) is 36.5 Å². The average Bonchev–Trinajstić information content (AvgIpc) is 3.04. The van der Waals surface area contributed by atoms with Crippen LogP contribution in [0.25, 0.3) is 17.0 Å². The fourth-order valence-electron chi connectivity index (χ4n) is 3.42. The summed E-state index contributed by atoms with van der Waals surface area (Å²) in [6.45, 7) is 5.42. The number of benzene rings is 1. The van der Waals surface area contributed by atoms with Gasteiger partial charge in [-0.25, -0.2) is 0 Å². The van der Waals surface area contributed by atoms with E-state index in [0.717, 1.165) is 28.7 Å². The molecule has 0 spiro atoms. The van der Waals surface area contributed by atoms with Gasteiger partial charge >= 0.3 is 5.97 Å². The molecule has 26 heavy (non-hydrogen) atoms. The van der Waals surface area contributed by atoms with E-state index < -0.39 is 0 Å². The maximum atomic E-state index is 12.5. The Bertz CT molecular complexity index is 813. The number of carbonyl (C=O) groups is 2. The first kappa shape index (κ1) is 18.2. The van der Waals surface area contributed by atoms with Crippen LogP contribution in [0.15, 0.2) is 34.8 Å². The number of esters is 1. The number of amides is 1. The van der Waals surface area contributed by atoms with Crippen molar-refractivity contribution >= 4 is 28.9 Å². The zero-order valence-electron chi connectivity index (χ0n) is 15.4. The van der Waals surface area contributed by atoms with Crippen molar-refractivity contribution < 1.29 is 18.7 Å². The van der Waals surface area contributed by atoms with Gasteiger partial charge < -0.3 is 14.1 Å². The highest BCUT2D eigenvalue weighted by Gasteiger charge is 2.27. The van der Waals surface area contributed by atoms with Crippen LogP contribution >= 0.6 is 0 Å². The normalized spacial score (nSPS) is 15.7. The third-order valence-corrected chi connectivity index (χ3v) is 4.85. The Morgan fingerprint density at radius 3 is 2.65 bits per heavy atom. The summed E-state index contributed by atoms with van der Waals surface area (Å²) >= 11 is 0. The van der Waals surface area contributed by atoms with Gasteiger partial charge in [-0.3, -0.25) is 9.59 Å². The van der Waals surface area contributed by atoms with E-state index in [1.807, 2.05) is 44.2 Å². The van der Waals surface area contributed by atoms with Crippen LogP contribution in [0.3, 0.4) is 0 Å². The van der Waals surface area contributed by atoms with Crippen LogP contribution in [0.2, 0.25) is 0 Å². The van der Waals surface area contributed by atoms with E-state index in [0.29, 0.717) is 32.5 Å². The molecular formula is C21H25NO4. The molecular weight excluding hydrogens is 330 g/mol. The number of piperidine rings is 1. The Labute approximate surface area is 153 Å². The zero-order valence-corrected chi connectivity index (χ0v) is 15.4. The molecule has 1 aliphatic rings. The molecule has 0 N–H and O–H groups in total. The van der Waals surface area contributed by atoms with Gasteiger partial charge in [-0.2, -0.15) is 0 Å². The fraction of sp³-hybridized carbons (Fsp3) is 0.429. The molecule has 138 valence electrons. The third kappa shape index (κ3) is 3.82.